The van der Waals surface area contributed by atoms with Crippen LogP contribution in [0.4, 0.5) is 5.82 Å². The predicted molar refractivity (Wildman–Crippen MR) is 77.8 cm³/mol. The van der Waals surface area contributed by atoms with Gasteiger partial charge in [0.05, 0.1) is 12.2 Å². The van der Waals surface area contributed by atoms with Crippen LogP contribution in [-0.4, -0.2) is 30.2 Å². The zero-order chi connectivity index (χ0) is 15.9. The fourth-order valence-electron chi connectivity index (χ4n) is 1.67. The highest BCUT2D eigenvalue weighted by Crippen LogP contribution is 2.13. The zero-order valence-corrected chi connectivity index (χ0v) is 12.3. The van der Waals surface area contributed by atoms with Crippen LogP contribution in [0.15, 0.2) is 34.9 Å². The van der Waals surface area contributed by atoms with Gasteiger partial charge < -0.3 is 19.3 Å². The molecular weight excluding hydrogens is 288 g/mol. The number of ether oxygens (including phenoxy) is 2. The molecule has 116 valence electrons. The number of esters is 1. The summed E-state index contributed by atoms with van der Waals surface area (Å²) in [5.41, 5.74) is 0.341. The number of aryl methyl sites for hydroxylation is 1. The van der Waals surface area contributed by atoms with Crippen LogP contribution < -0.4 is 10.1 Å². The first-order chi connectivity index (χ1) is 10.6. The molecule has 0 spiro atoms. The number of amides is 1. The van der Waals surface area contributed by atoms with Crippen molar-refractivity contribution in [1.29, 1.82) is 0 Å². The summed E-state index contributed by atoms with van der Waals surface area (Å²) in [6.45, 7) is 3.72. The zero-order valence-electron chi connectivity index (χ0n) is 12.3. The molecule has 22 heavy (non-hydrogen) atoms. The van der Waals surface area contributed by atoms with Crippen LogP contribution in [0.3, 0.4) is 0 Å². The van der Waals surface area contributed by atoms with Crippen molar-refractivity contribution in [2.24, 2.45) is 0 Å². The van der Waals surface area contributed by atoms with Gasteiger partial charge in [0.25, 0.3) is 5.91 Å². The molecule has 1 aromatic heterocycles. The molecule has 7 heteroatoms. The molecule has 0 atom stereocenters. The van der Waals surface area contributed by atoms with Gasteiger partial charge in [-0.3, -0.25) is 4.79 Å². The van der Waals surface area contributed by atoms with Crippen molar-refractivity contribution >= 4 is 17.7 Å². The second kappa shape index (κ2) is 7.26. The van der Waals surface area contributed by atoms with Crippen LogP contribution in [0.5, 0.6) is 5.75 Å². The first-order valence-electron chi connectivity index (χ1n) is 6.71. The van der Waals surface area contributed by atoms with E-state index in [9.17, 15) is 9.59 Å². The normalized spacial score (nSPS) is 10.1. The third kappa shape index (κ3) is 4.34. The minimum atomic E-state index is -0.588. The average molecular weight is 304 g/mol. The van der Waals surface area contributed by atoms with E-state index < -0.39 is 18.5 Å². The Kier molecular flexibility index (Phi) is 5.13. The van der Waals surface area contributed by atoms with Crippen molar-refractivity contribution in [1.82, 2.24) is 5.16 Å². The predicted octanol–water partition coefficient (Wildman–Crippen LogP) is 2.18. The number of nitrogens with one attached hydrogen (secondary N) is 1. The van der Waals surface area contributed by atoms with Crippen LogP contribution in [0.25, 0.3) is 0 Å². The van der Waals surface area contributed by atoms with Gasteiger partial charge in [-0.25, -0.2) is 4.79 Å². The third-order valence-electron chi connectivity index (χ3n) is 2.63. The Morgan fingerprint density at radius 1 is 1.27 bits per heavy atom. The van der Waals surface area contributed by atoms with E-state index in [0.717, 1.165) is 0 Å². The van der Waals surface area contributed by atoms with Crippen LogP contribution in [0, 0.1) is 6.92 Å². The number of nitrogens with zero attached hydrogens (tertiary/aromatic N) is 1. The van der Waals surface area contributed by atoms with Crippen molar-refractivity contribution in [3.63, 3.8) is 0 Å². The van der Waals surface area contributed by atoms with Crippen LogP contribution in [-0.2, 0) is 9.53 Å². The SMILES string of the molecule is CCOc1ccc(C(=O)OCC(=O)Nc2cc(C)on2)cc1. The molecule has 7 nitrogen and oxygen atoms in total. The van der Waals surface area contributed by atoms with Gasteiger partial charge >= 0.3 is 5.97 Å². The molecule has 0 aliphatic carbocycles. The van der Waals surface area contributed by atoms with Gasteiger partial charge in [0, 0.05) is 6.07 Å². The average Bonchev–Trinajstić information content (AvgIpc) is 2.91. The van der Waals surface area contributed by atoms with Gasteiger partial charge in [0.1, 0.15) is 11.5 Å². The number of hydrogen-bond donors (Lipinski definition) is 1. The Labute approximate surface area is 127 Å². The van der Waals surface area contributed by atoms with E-state index in [-0.39, 0.29) is 5.82 Å². The number of aromatic nitrogens is 1. The number of benzene rings is 1. The Hall–Kier alpha value is -2.83. The second-order valence-corrected chi connectivity index (χ2v) is 4.40. The Bertz CT molecular complexity index is 648. The molecule has 2 aromatic rings. The summed E-state index contributed by atoms with van der Waals surface area (Å²) in [5, 5.41) is 6.06. The lowest BCUT2D eigenvalue weighted by Crippen LogP contribution is -2.21. The number of hydrogen-bond acceptors (Lipinski definition) is 6. The lowest BCUT2D eigenvalue weighted by molar-refractivity contribution is -0.119. The first kappa shape index (κ1) is 15.6. The van der Waals surface area contributed by atoms with E-state index in [0.29, 0.717) is 23.7 Å². The molecule has 1 aromatic carbocycles. The Morgan fingerprint density at radius 3 is 2.59 bits per heavy atom. The fraction of sp³-hybridized carbons (Fsp3) is 0.267. The molecule has 0 radical (unpaired) electrons. The van der Waals surface area contributed by atoms with Crippen LogP contribution in [0.1, 0.15) is 23.0 Å². The summed E-state index contributed by atoms with van der Waals surface area (Å²) in [4.78, 5) is 23.4. The first-order valence-corrected chi connectivity index (χ1v) is 6.71. The maximum Gasteiger partial charge on any atom is 0.338 e. The molecule has 1 amide bonds. The Balaban J connectivity index is 1.82. The molecule has 0 saturated heterocycles. The topological polar surface area (TPSA) is 90.7 Å². The van der Waals surface area contributed by atoms with Gasteiger partial charge in [0.2, 0.25) is 0 Å². The molecule has 0 bridgehead atoms. The van der Waals surface area contributed by atoms with E-state index in [2.05, 4.69) is 10.5 Å². The number of carbonyl (C=O) groups is 2. The maximum absolute atomic E-state index is 11.8. The highest BCUT2D eigenvalue weighted by atomic mass is 16.5. The van der Waals surface area contributed by atoms with E-state index in [1.54, 1.807) is 37.3 Å². The van der Waals surface area contributed by atoms with Crippen LogP contribution in [0.2, 0.25) is 0 Å². The van der Waals surface area contributed by atoms with Gasteiger partial charge in [-0.15, -0.1) is 0 Å². The van der Waals surface area contributed by atoms with Crippen molar-refractivity contribution in [3.8, 4) is 5.75 Å². The Morgan fingerprint density at radius 2 is 2.00 bits per heavy atom. The van der Waals surface area contributed by atoms with Gasteiger partial charge in [-0.1, -0.05) is 5.16 Å². The monoisotopic (exact) mass is 304 g/mol. The summed E-state index contributed by atoms with van der Waals surface area (Å²) in [7, 11) is 0. The molecule has 0 fully saturated rings. The number of carbonyl (C=O) groups excluding carboxylic acids is 2. The second-order valence-electron chi connectivity index (χ2n) is 4.40. The molecule has 0 saturated carbocycles. The van der Waals surface area contributed by atoms with E-state index in [1.165, 1.54) is 0 Å². The summed E-state index contributed by atoms with van der Waals surface area (Å²) in [6, 6.07) is 8.04. The molecule has 0 aliphatic heterocycles. The third-order valence-corrected chi connectivity index (χ3v) is 2.63. The summed E-state index contributed by atoms with van der Waals surface area (Å²) in [5.74, 6) is 0.432. The standard InChI is InChI=1S/C15H16N2O5/c1-3-20-12-6-4-11(5-7-12)15(19)21-9-14(18)16-13-8-10(2)22-17-13/h4-8H,3,9H2,1-2H3,(H,16,17,18). The number of anilines is 1. The molecule has 0 aliphatic rings. The smallest absolute Gasteiger partial charge is 0.338 e. The maximum atomic E-state index is 11.8. The molecule has 2 rings (SSSR count). The van der Waals surface area contributed by atoms with Crippen LogP contribution >= 0.6 is 0 Å². The van der Waals surface area contributed by atoms with E-state index in [4.69, 9.17) is 14.0 Å². The van der Waals surface area contributed by atoms with Crippen molar-refractivity contribution < 1.29 is 23.6 Å². The minimum Gasteiger partial charge on any atom is -0.494 e. The summed E-state index contributed by atoms with van der Waals surface area (Å²) in [6.07, 6.45) is 0. The largest absolute Gasteiger partial charge is 0.494 e. The van der Waals surface area contributed by atoms with Gasteiger partial charge in [-0.2, -0.15) is 0 Å². The fourth-order valence-corrected chi connectivity index (χ4v) is 1.67. The van der Waals surface area contributed by atoms with Crippen molar-refractivity contribution in [2.45, 2.75) is 13.8 Å². The molecular formula is C15H16N2O5. The highest BCUT2D eigenvalue weighted by molar-refractivity contribution is 5.95. The van der Waals surface area contributed by atoms with E-state index in [1.807, 2.05) is 6.92 Å². The van der Waals surface area contributed by atoms with Gasteiger partial charge in [0.15, 0.2) is 12.4 Å². The van der Waals surface area contributed by atoms with Crippen molar-refractivity contribution in [2.75, 3.05) is 18.5 Å². The number of rotatable bonds is 6. The molecule has 0 unspecified atom stereocenters. The highest BCUT2D eigenvalue weighted by Gasteiger charge is 2.11. The summed E-state index contributed by atoms with van der Waals surface area (Å²) >= 11 is 0. The minimum absolute atomic E-state index is 0.277. The van der Waals surface area contributed by atoms with E-state index >= 15 is 0 Å². The molecule has 1 heterocycles. The molecule has 1 N–H and O–H groups in total. The lowest BCUT2D eigenvalue weighted by Gasteiger charge is -2.06. The summed E-state index contributed by atoms with van der Waals surface area (Å²) < 4.78 is 15.0. The van der Waals surface area contributed by atoms with Crippen molar-refractivity contribution in [3.05, 3.63) is 41.7 Å². The quantitative estimate of drug-likeness (QED) is 0.823. The lowest BCUT2D eigenvalue weighted by atomic mass is 10.2. The van der Waals surface area contributed by atoms with Gasteiger partial charge in [-0.05, 0) is 38.1 Å².